The molecular weight excluding hydrogens is 465 g/mol. The van der Waals surface area contributed by atoms with Gasteiger partial charge in [0.25, 0.3) is 0 Å². The Hall–Kier alpha value is -2.10. The van der Waals surface area contributed by atoms with Crippen LogP contribution in [0.4, 0.5) is 0 Å². The lowest BCUT2D eigenvalue weighted by Gasteiger charge is -2.21. The highest BCUT2D eigenvalue weighted by molar-refractivity contribution is 14.0. The van der Waals surface area contributed by atoms with Gasteiger partial charge in [-0.15, -0.1) is 24.0 Å². The Morgan fingerprint density at radius 1 is 1.32 bits per heavy atom. The Labute approximate surface area is 182 Å². The minimum atomic E-state index is 0. The molecule has 3 aromatic rings. The second kappa shape index (κ2) is 9.40. The average molecular weight is 493 g/mol. The van der Waals surface area contributed by atoms with Crippen LogP contribution in [0.3, 0.4) is 0 Å². The van der Waals surface area contributed by atoms with E-state index >= 15 is 0 Å². The third-order valence-electron chi connectivity index (χ3n) is 5.28. The first-order chi connectivity index (χ1) is 13.2. The fourth-order valence-corrected chi connectivity index (χ4v) is 3.85. The van der Waals surface area contributed by atoms with Crippen molar-refractivity contribution >= 4 is 41.0 Å². The lowest BCUT2D eigenvalue weighted by Crippen LogP contribution is -2.40. The van der Waals surface area contributed by atoms with Gasteiger partial charge in [0, 0.05) is 52.4 Å². The summed E-state index contributed by atoms with van der Waals surface area (Å²) >= 11 is 0. The molecule has 1 aliphatic heterocycles. The summed E-state index contributed by atoms with van der Waals surface area (Å²) in [6.45, 7) is 3.87. The van der Waals surface area contributed by atoms with Gasteiger partial charge in [0.2, 0.25) is 0 Å². The minimum Gasteiger partial charge on any atom is -0.356 e. The monoisotopic (exact) mass is 493 g/mol. The molecule has 0 bridgehead atoms. The van der Waals surface area contributed by atoms with Crippen LogP contribution in [0, 0.1) is 0 Å². The number of halogens is 1. The van der Waals surface area contributed by atoms with Crippen LogP contribution in [0.1, 0.15) is 24.3 Å². The van der Waals surface area contributed by atoms with E-state index in [1.165, 1.54) is 11.1 Å². The summed E-state index contributed by atoms with van der Waals surface area (Å²) in [4.78, 5) is 11.3. The van der Waals surface area contributed by atoms with Crippen LogP contribution in [0.15, 0.2) is 48.0 Å². The van der Waals surface area contributed by atoms with Crippen LogP contribution >= 0.6 is 24.0 Å². The topological polar surface area (TPSA) is 63.3 Å². The van der Waals surface area contributed by atoms with Crippen molar-refractivity contribution in [3.63, 3.8) is 0 Å². The second-order valence-corrected chi connectivity index (χ2v) is 7.13. The number of hydrogen-bond donors (Lipinski definition) is 1. The Kier molecular flexibility index (Phi) is 6.93. The highest BCUT2D eigenvalue weighted by Gasteiger charge is 2.26. The van der Waals surface area contributed by atoms with Gasteiger partial charge in [0.1, 0.15) is 0 Å². The van der Waals surface area contributed by atoms with Gasteiger partial charge in [-0.3, -0.25) is 9.67 Å². The summed E-state index contributed by atoms with van der Waals surface area (Å²) in [5.41, 5.74) is 3.57. The van der Waals surface area contributed by atoms with E-state index in [0.717, 1.165) is 50.5 Å². The molecule has 7 nitrogen and oxygen atoms in total. The highest BCUT2D eigenvalue weighted by atomic mass is 127. The number of imidazole rings is 1. The predicted molar refractivity (Wildman–Crippen MR) is 123 cm³/mol. The van der Waals surface area contributed by atoms with Crippen molar-refractivity contribution in [1.82, 2.24) is 29.5 Å². The molecule has 0 aliphatic carbocycles. The van der Waals surface area contributed by atoms with Gasteiger partial charge in [-0.05, 0) is 30.5 Å². The number of aliphatic imine (C=N–C) groups is 1. The van der Waals surface area contributed by atoms with E-state index in [1.807, 2.05) is 37.4 Å². The van der Waals surface area contributed by atoms with Crippen molar-refractivity contribution in [2.24, 2.45) is 12.0 Å². The quantitative estimate of drug-likeness (QED) is 0.257. The molecule has 0 amide bonds. The highest BCUT2D eigenvalue weighted by Crippen LogP contribution is 2.26. The van der Waals surface area contributed by atoms with E-state index in [1.54, 1.807) is 0 Å². The molecule has 1 aromatic carbocycles. The zero-order valence-corrected chi connectivity index (χ0v) is 18.8. The number of rotatable bonds is 5. The maximum absolute atomic E-state index is 4.48. The summed E-state index contributed by atoms with van der Waals surface area (Å²) in [6, 6.07) is 8.27. The first-order valence-electron chi connectivity index (χ1n) is 9.58. The van der Waals surface area contributed by atoms with Gasteiger partial charge in [-0.25, -0.2) is 4.98 Å². The van der Waals surface area contributed by atoms with Crippen molar-refractivity contribution in [3.05, 3.63) is 48.5 Å². The zero-order valence-electron chi connectivity index (χ0n) is 16.5. The van der Waals surface area contributed by atoms with Gasteiger partial charge in [-0.2, -0.15) is 5.10 Å². The van der Waals surface area contributed by atoms with E-state index in [0.29, 0.717) is 5.92 Å². The molecule has 0 spiro atoms. The molecule has 1 unspecified atom stereocenters. The molecule has 8 heteroatoms. The molecule has 1 atom stereocenters. The smallest absolute Gasteiger partial charge is 0.193 e. The number of fused-ring (bicyclic) bond motifs is 1. The Balaban J connectivity index is 0.00000225. The minimum absolute atomic E-state index is 0. The first kappa shape index (κ1) is 20.6. The van der Waals surface area contributed by atoms with E-state index in [-0.39, 0.29) is 24.0 Å². The third-order valence-corrected chi connectivity index (χ3v) is 5.28. The molecule has 150 valence electrons. The lowest BCUT2D eigenvalue weighted by molar-refractivity contribution is 0.482. The number of benzene rings is 1. The Morgan fingerprint density at radius 2 is 2.18 bits per heavy atom. The number of aromatic nitrogens is 4. The fourth-order valence-electron chi connectivity index (χ4n) is 3.85. The molecule has 3 heterocycles. The number of nitrogens with one attached hydrogen (secondary N) is 1. The van der Waals surface area contributed by atoms with Gasteiger partial charge in [0.15, 0.2) is 5.96 Å². The van der Waals surface area contributed by atoms with Crippen LogP contribution < -0.4 is 5.32 Å². The van der Waals surface area contributed by atoms with Crippen LogP contribution in [0.25, 0.3) is 11.0 Å². The van der Waals surface area contributed by atoms with E-state index < -0.39 is 0 Å². The second-order valence-electron chi connectivity index (χ2n) is 7.13. The normalized spacial score (nSPS) is 17.1. The van der Waals surface area contributed by atoms with Crippen molar-refractivity contribution in [2.45, 2.75) is 25.3 Å². The maximum atomic E-state index is 4.48. The van der Waals surface area contributed by atoms with Gasteiger partial charge in [-0.1, -0.05) is 12.1 Å². The maximum Gasteiger partial charge on any atom is 0.193 e. The first-order valence-corrected chi connectivity index (χ1v) is 9.58. The van der Waals surface area contributed by atoms with Crippen molar-refractivity contribution in [1.29, 1.82) is 0 Å². The zero-order chi connectivity index (χ0) is 18.6. The van der Waals surface area contributed by atoms with Crippen molar-refractivity contribution in [2.75, 3.05) is 26.7 Å². The standard InChI is InChI=1S/C20H27N7.HI/c1-21-20(26-11-8-16(14-26)17-12-24-25(2)13-17)22-9-5-10-27-15-23-18-6-3-4-7-19(18)27;/h3-4,6-7,12-13,15-16H,5,8-11,14H2,1-2H3,(H,21,22);1H. The van der Waals surface area contributed by atoms with Gasteiger partial charge >= 0.3 is 0 Å². The molecule has 4 rings (SSSR count). The molecule has 1 fully saturated rings. The average Bonchev–Trinajstić information content (AvgIpc) is 3.41. The molecule has 0 saturated carbocycles. The Morgan fingerprint density at radius 3 is 2.96 bits per heavy atom. The third kappa shape index (κ3) is 4.48. The lowest BCUT2D eigenvalue weighted by atomic mass is 10.0. The summed E-state index contributed by atoms with van der Waals surface area (Å²) in [5, 5.41) is 7.82. The van der Waals surface area contributed by atoms with Crippen LogP contribution in [0.5, 0.6) is 0 Å². The van der Waals surface area contributed by atoms with Gasteiger partial charge in [0.05, 0.1) is 23.6 Å². The van der Waals surface area contributed by atoms with Crippen LogP contribution in [0.2, 0.25) is 0 Å². The summed E-state index contributed by atoms with van der Waals surface area (Å²) in [5.74, 6) is 1.53. The fraction of sp³-hybridized carbons (Fsp3) is 0.450. The summed E-state index contributed by atoms with van der Waals surface area (Å²) in [6.07, 6.45) is 8.21. The number of aryl methyl sites for hydroxylation is 2. The molecule has 1 saturated heterocycles. The number of hydrogen-bond acceptors (Lipinski definition) is 3. The predicted octanol–water partition coefficient (Wildman–Crippen LogP) is 2.84. The Bertz CT molecular complexity index is 929. The van der Waals surface area contributed by atoms with Crippen LogP contribution in [-0.4, -0.2) is 56.9 Å². The van der Waals surface area contributed by atoms with Crippen molar-refractivity contribution < 1.29 is 0 Å². The molecule has 2 aromatic heterocycles. The molecule has 1 N–H and O–H groups in total. The largest absolute Gasteiger partial charge is 0.356 e. The molecule has 1 aliphatic rings. The van der Waals surface area contributed by atoms with E-state index in [2.05, 4.69) is 54.3 Å². The molecule has 0 radical (unpaired) electrons. The van der Waals surface area contributed by atoms with Crippen LogP contribution in [-0.2, 0) is 13.6 Å². The van der Waals surface area contributed by atoms with E-state index in [9.17, 15) is 0 Å². The number of guanidine groups is 1. The van der Waals surface area contributed by atoms with Gasteiger partial charge < -0.3 is 14.8 Å². The van der Waals surface area contributed by atoms with E-state index in [4.69, 9.17) is 0 Å². The molecular formula is C20H28IN7. The summed E-state index contributed by atoms with van der Waals surface area (Å²) < 4.78 is 4.10. The van der Waals surface area contributed by atoms with Crippen molar-refractivity contribution in [3.8, 4) is 0 Å². The number of likely N-dealkylation sites (tertiary alicyclic amines) is 1. The SMILES string of the molecule is CN=C(NCCCn1cnc2ccccc21)N1CCC(c2cnn(C)c2)C1.I. The number of para-hydroxylation sites is 2. The molecule has 28 heavy (non-hydrogen) atoms. The summed E-state index contributed by atoms with van der Waals surface area (Å²) in [7, 11) is 3.84. The number of nitrogens with zero attached hydrogens (tertiary/aromatic N) is 6.